The maximum Gasteiger partial charge on any atom is 0.306 e. The van der Waals surface area contributed by atoms with Gasteiger partial charge in [-0.05, 0) is 83.5 Å². The first-order valence-electron chi connectivity index (χ1n) is 21.5. The van der Waals surface area contributed by atoms with Crippen LogP contribution in [0.3, 0.4) is 0 Å². The molecule has 0 spiro atoms. The molecule has 0 aliphatic heterocycles. The molecule has 52 heavy (non-hydrogen) atoms. The van der Waals surface area contributed by atoms with Crippen molar-refractivity contribution in [1.29, 1.82) is 0 Å². The first-order chi connectivity index (χ1) is 25.6. The Labute approximate surface area is 321 Å². The number of carbonyl (C=O) groups excluding carboxylic acids is 2. The Morgan fingerprint density at radius 2 is 0.865 bits per heavy atom. The second-order valence-corrected chi connectivity index (χ2v) is 13.8. The minimum Gasteiger partial charge on any atom is -0.462 e. The van der Waals surface area contributed by atoms with Crippen LogP contribution < -0.4 is 0 Å². The number of hydrogen-bond acceptors (Lipinski definition) is 5. The van der Waals surface area contributed by atoms with Gasteiger partial charge in [-0.25, -0.2) is 0 Å². The molecule has 0 fully saturated rings. The van der Waals surface area contributed by atoms with Crippen LogP contribution in [0.4, 0.5) is 0 Å². The number of rotatable bonds is 38. The van der Waals surface area contributed by atoms with Gasteiger partial charge < -0.3 is 14.2 Å². The van der Waals surface area contributed by atoms with Crippen molar-refractivity contribution in [2.45, 2.75) is 194 Å². The molecule has 1 unspecified atom stereocenters. The lowest BCUT2D eigenvalue weighted by Crippen LogP contribution is -2.30. The van der Waals surface area contributed by atoms with E-state index in [-0.39, 0.29) is 25.2 Å². The number of unbranched alkanes of at least 4 members (excludes halogenated alkanes) is 15. The van der Waals surface area contributed by atoms with Crippen LogP contribution in [0.2, 0.25) is 0 Å². The van der Waals surface area contributed by atoms with E-state index in [0.717, 1.165) is 103 Å². The Bertz CT molecular complexity index is 957. The zero-order chi connectivity index (χ0) is 37.8. The van der Waals surface area contributed by atoms with Crippen LogP contribution in [0.1, 0.15) is 188 Å². The molecule has 0 saturated heterocycles. The first-order valence-corrected chi connectivity index (χ1v) is 21.5. The van der Waals surface area contributed by atoms with Crippen LogP contribution in [-0.4, -0.2) is 37.9 Å². The Morgan fingerprint density at radius 3 is 1.40 bits per heavy atom. The minimum atomic E-state index is -0.552. The molecule has 0 saturated carbocycles. The van der Waals surface area contributed by atoms with E-state index in [9.17, 15) is 9.59 Å². The summed E-state index contributed by atoms with van der Waals surface area (Å²) in [6, 6.07) is 0. The normalized spacial score (nSPS) is 12.9. The monoisotopic (exact) mass is 725 g/mol. The highest BCUT2D eigenvalue weighted by Crippen LogP contribution is 2.12. The number of allylic oxidation sites excluding steroid dienone is 12. The summed E-state index contributed by atoms with van der Waals surface area (Å²) in [6.45, 7) is 7.49. The molecule has 0 aliphatic carbocycles. The van der Waals surface area contributed by atoms with Gasteiger partial charge in [0.05, 0.1) is 6.61 Å². The molecule has 0 rings (SSSR count). The SMILES string of the molecule is CC/C=C\C/C=C\C/C=C\CCCCCCCCOCC(COC(=O)CCCCC/C=C\C/C=C\C/C=C\CC)OC(=O)CCCCCCCCC. The van der Waals surface area contributed by atoms with Gasteiger partial charge in [-0.15, -0.1) is 0 Å². The first kappa shape index (κ1) is 49.3. The Balaban J connectivity index is 4.24. The molecule has 0 aliphatic rings. The van der Waals surface area contributed by atoms with Crippen LogP contribution in [0.25, 0.3) is 0 Å². The lowest BCUT2D eigenvalue weighted by atomic mass is 10.1. The fourth-order valence-electron chi connectivity index (χ4n) is 5.60. The molecule has 1 atom stereocenters. The summed E-state index contributed by atoms with van der Waals surface area (Å²) in [6.07, 6.45) is 53.4. The van der Waals surface area contributed by atoms with Gasteiger partial charge in [-0.2, -0.15) is 0 Å². The van der Waals surface area contributed by atoms with Crippen molar-refractivity contribution < 1.29 is 23.8 Å². The van der Waals surface area contributed by atoms with Crippen molar-refractivity contribution >= 4 is 11.9 Å². The van der Waals surface area contributed by atoms with Crippen LogP contribution in [0.15, 0.2) is 72.9 Å². The molecule has 5 heteroatoms. The van der Waals surface area contributed by atoms with Gasteiger partial charge in [0.25, 0.3) is 0 Å². The Hall–Kier alpha value is -2.66. The van der Waals surface area contributed by atoms with Crippen molar-refractivity contribution in [2.24, 2.45) is 0 Å². The van der Waals surface area contributed by atoms with Gasteiger partial charge in [0.2, 0.25) is 0 Å². The molecule has 0 radical (unpaired) electrons. The summed E-state index contributed by atoms with van der Waals surface area (Å²) in [5.41, 5.74) is 0. The lowest BCUT2D eigenvalue weighted by molar-refractivity contribution is -0.163. The lowest BCUT2D eigenvalue weighted by Gasteiger charge is -2.18. The summed E-state index contributed by atoms with van der Waals surface area (Å²) in [5.74, 6) is -0.449. The van der Waals surface area contributed by atoms with Crippen molar-refractivity contribution in [2.75, 3.05) is 19.8 Å². The predicted molar refractivity (Wildman–Crippen MR) is 224 cm³/mol. The summed E-state index contributed by atoms with van der Waals surface area (Å²) in [5, 5.41) is 0. The second-order valence-electron chi connectivity index (χ2n) is 13.8. The second kappa shape index (κ2) is 42.8. The van der Waals surface area contributed by atoms with Gasteiger partial charge in [-0.1, -0.05) is 164 Å². The zero-order valence-electron chi connectivity index (χ0n) is 34.1. The summed E-state index contributed by atoms with van der Waals surface area (Å²) in [7, 11) is 0. The average molecular weight is 725 g/mol. The molecule has 0 bridgehead atoms. The highest BCUT2D eigenvalue weighted by molar-refractivity contribution is 5.70. The van der Waals surface area contributed by atoms with Crippen LogP contribution >= 0.6 is 0 Å². The summed E-state index contributed by atoms with van der Waals surface area (Å²) in [4.78, 5) is 25.1. The topological polar surface area (TPSA) is 61.8 Å². The van der Waals surface area contributed by atoms with Crippen LogP contribution in [-0.2, 0) is 23.8 Å². The molecule has 0 amide bonds. The molecule has 0 aromatic heterocycles. The fraction of sp³-hybridized carbons (Fsp3) is 0.702. The quantitative estimate of drug-likeness (QED) is 0.0360. The molecular formula is C47H80O5. The fourth-order valence-corrected chi connectivity index (χ4v) is 5.60. The highest BCUT2D eigenvalue weighted by Gasteiger charge is 2.17. The molecule has 0 aromatic rings. The number of esters is 2. The summed E-state index contributed by atoms with van der Waals surface area (Å²) < 4.78 is 17.2. The van der Waals surface area contributed by atoms with Crippen molar-refractivity contribution in [3.05, 3.63) is 72.9 Å². The van der Waals surface area contributed by atoms with E-state index in [4.69, 9.17) is 14.2 Å². The van der Waals surface area contributed by atoms with E-state index in [1.54, 1.807) is 0 Å². The van der Waals surface area contributed by atoms with Gasteiger partial charge in [0.15, 0.2) is 6.10 Å². The van der Waals surface area contributed by atoms with Crippen LogP contribution in [0, 0.1) is 0 Å². The number of ether oxygens (including phenoxy) is 3. The summed E-state index contributed by atoms with van der Waals surface area (Å²) >= 11 is 0. The minimum absolute atomic E-state index is 0.0626. The Kier molecular flexibility index (Phi) is 40.6. The predicted octanol–water partition coefficient (Wildman–Crippen LogP) is 14.0. The van der Waals surface area contributed by atoms with Crippen molar-refractivity contribution in [3.8, 4) is 0 Å². The van der Waals surface area contributed by atoms with Gasteiger partial charge in [-0.3, -0.25) is 9.59 Å². The van der Waals surface area contributed by atoms with Crippen molar-refractivity contribution in [3.63, 3.8) is 0 Å². The number of hydrogen-bond donors (Lipinski definition) is 0. The van der Waals surface area contributed by atoms with Crippen LogP contribution in [0.5, 0.6) is 0 Å². The standard InChI is InChI=1S/C47H80O5/c1-4-7-10-13-16-18-20-22-23-24-26-28-30-33-36-39-42-50-43-45(52-47(49)41-38-35-31-15-12-9-6-3)44-51-46(48)40-37-34-32-29-27-25-21-19-17-14-11-8-5-2/h7-8,10-11,16-19,22-23,25,27,45H,4-6,9,12-15,20-21,24,26,28-44H2,1-3H3/b10-7-,11-8-,18-16-,19-17-,23-22-,27-25-. The van der Waals surface area contributed by atoms with Crippen molar-refractivity contribution in [1.82, 2.24) is 0 Å². The van der Waals surface area contributed by atoms with E-state index in [0.29, 0.717) is 19.4 Å². The van der Waals surface area contributed by atoms with E-state index in [1.165, 1.54) is 51.4 Å². The third kappa shape index (κ3) is 40.1. The maximum atomic E-state index is 12.6. The van der Waals surface area contributed by atoms with E-state index < -0.39 is 6.10 Å². The molecule has 0 heterocycles. The third-order valence-electron chi connectivity index (χ3n) is 8.74. The highest BCUT2D eigenvalue weighted by atomic mass is 16.6. The maximum absolute atomic E-state index is 12.6. The molecule has 298 valence electrons. The number of carbonyl (C=O) groups is 2. The molecule has 5 nitrogen and oxygen atoms in total. The molecule has 0 aromatic carbocycles. The van der Waals surface area contributed by atoms with Gasteiger partial charge in [0, 0.05) is 19.4 Å². The van der Waals surface area contributed by atoms with E-state index in [1.807, 2.05) is 0 Å². The molecular weight excluding hydrogens is 645 g/mol. The van der Waals surface area contributed by atoms with E-state index >= 15 is 0 Å². The van der Waals surface area contributed by atoms with E-state index in [2.05, 4.69) is 93.7 Å². The largest absolute Gasteiger partial charge is 0.462 e. The van der Waals surface area contributed by atoms with Gasteiger partial charge in [0.1, 0.15) is 6.61 Å². The smallest absolute Gasteiger partial charge is 0.306 e. The Morgan fingerprint density at radius 1 is 0.442 bits per heavy atom. The molecule has 0 N–H and O–H groups in total. The third-order valence-corrected chi connectivity index (χ3v) is 8.74. The van der Waals surface area contributed by atoms with Gasteiger partial charge >= 0.3 is 11.9 Å². The zero-order valence-corrected chi connectivity index (χ0v) is 34.1. The average Bonchev–Trinajstić information content (AvgIpc) is 3.14.